The van der Waals surface area contributed by atoms with Gasteiger partial charge in [-0.3, -0.25) is 0 Å². The number of nitrogens with zero attached hydrogens (tertiary/aromatic N) is 4. The number of hydrogen-bond acceptors (Lipinski definition) is 5. The first kappa shape index (κ1) is 12.3. The summed E-state index contributed by atoms with van der Waals surface area (Å²) in [5, 5.41) is 0.314. The highest BCUT2D eigenvalue weighted by molar-refractivity contribution is 9.10. The fourth-order valence-corrected chi connectivity index (χ4v) is 1.69. The van der Waals surface area contributed by atoms with E-state index in [4.69, 9.17) is 16.3 Å². The molecule has 2 rings (SSSR count). The number of hydrogen-bond donors (Lipinski definition) is 0. The van der Waals surface area contributed by atoms with Crippen molar-refractivity contribution in [2.75, 3.05) is 7.11 Å². The quantitative estimate of drug-likeness (QED) is 0.814. The van der Waals surface area contributed by atoms with Crippen LogP contribution in [-0.4, -0.2) is 27.0 Å². The van der Waals surface area contributed by atoms with Crippen molar-refractivity contribution in [3.63, 3.8) is 0 Å². The Kier molecular flexibility index (Phi) is 3.98. The molecule has 0 aliphatic heterocycles. The van der Waals surface area contributed by atoms with Gasteiger partial charge in [0.25, 0.3) is 0 Å². The van der Waals surface area contributed by atoms with Crippen LogP contribution in [-0.2, 0) is 11.3 Å². The topological polar surface area (TPSA) is 60.8 Å². The third-order valence-electron chi connectivity index (χ3n) is 1.93. The van der Waals surface area contributed by atoms with E-state index < -0.39 is 0 Å². The number of rotatable bonds is 3. The Labute approximate surface area is 111 Å². The first-order chi connectivity index (χ1) is 8.22. The van der Waals surface area contributed by atoms with Crippen LogP contribution in [0.1, 0.15) is 5.69 Å². The molecule has 5 nitrogen and oxygen atoms in total. The second-order valence-electron chi connectivity index (χ2n) is 3.10. The van der Waals surface area contributed by atoms with Crippen LogP contribution in [0.4, 0.5) is 0 Å². The fourth-order valence-electron chi connectivity index (χ4n) is 1.21. The zero-order valence-corrected chi connectivity index (χ0v) is 11.2. The molecule has 17 heavy (non-hydrogen) atoms. The summed E-state index contributed by atoms with van der Waals surface area (Å²) < 4.78 is 5.66. The van der Waals surface area contributed by atoms with E-state index in [0.29, 0.717) is 33.6 Å². The average Bonchev–Trinajstić information content (AvgIpc) is 2.36. The summed E-state index contributed by atoms with van der Waals surface area (Å²) in [6.45, 7) is 0.336. The summed E-state index contributed by atoms with van der Waals surface area (Å²) in [7, 11) is 1.58. The summed E-state index contributed by atoms with van der Waals surface area (Å²) >= 11 is 9.31. The van der Waals surface area contributed by atoms with E-state index in [-0.39, 0.29) is 0 Å². The number of aromatic nitrogens is 4. The molecular weight excluding hydrogens is 307 g/mol. The summed E-state index contributed by atoms with van der Waals surface area (Å²) in [5.74, 6) is 0.810. The molecule has 0 fully saturated rings. The summed E-state index contributed by atoms with van der Waals surface area (Å²) in [4.78, 5) is 16.6. The van der Waals surface area contributed by atoms with Gasteiger partial charge < -0.3 is 4.74 Å². The Hall–Kier alpha value is -1.11. The lowest BCUT2D eigenvalue weighted by Crippen LogP contribution is -2.01. The highest BCUT2D eigenvalue weighted by atomic mass is 79.9. The predicted molar refractivity (Wildman–Crippen MR) is 66.5 cm³/mol. The van der Waals surface area contributed by atoms with Crippen molar-refractivity contribution in [2.24, 2.45) is 0 Å². The monoisotopic (exact) mass is 314 g/mol. The van der Waals surface area contributed by atoms with Gasteiger partial charge in [0, 0.05) is 19.5 Å². The predicted octanol–water partition coefficient (Wildman–Crippen LogP) is 2.50. The molecule has 2 heterocycles. The van der Waals surface area contributed by atoms with Crippen molar-refractivity contribution in [2.45, 2.75) is 6.61 Å². The Balaban J connectivity index is 2.49. The van der Waals surface area contributed by atoms with Crippen LogP contribution >= 0.6 is 27.5 Å². The third-order valence-corrected chi connectivity index (χ3v) is 3.26. The SMILES string of the molecule is COCc1nc(-c2ncccn2)nc(Cl)c1Br. The highest BCUT2D eigenvalue weighted by Crippen LogP contribution is 2.26. The first-order valence-electron chi connectivity index (χ1n) is 4.70. The van der Waals surface area contributed by atoms with Crippen molar-refractivity contribution < 1.29 is 4.74 Å². The lowest BCUT2D eigenvalue weighted by atomic mass is 10.4. The maximum atomic E-state index is 6.00. The summed E-state index contributed by atoms with van der Waals surface area (Å²) in [5.41, 5.74) is 0.662. The van der Waals surface area contributed by atoms with Crippen LogP contribution in [0.2, 0.25) is 5.15 Å². The van der Waals surface area contributed by atoms with Crippen LogP contribution in [0.15, 0.2) is 22.9 Å². The molecule has 0 bridgehead atoms. The molecule has 0 unspecified atom stereocenters. The van der Waals surface area contributed by atoms with Crippen LogP contribution in [0.25, 0.3) is 11.6 Å². The van der Waals surface area contributed by atoms with Gasteiger partial charge in [-0.1, -0.05) is 11.6 Å². The maximum Gasteiger partial charge on any atom is 0.199 e. The molecule has 0 amide bonds. The molecule has 0 N–H and O–H groups in total. The maximum absolute atomic E-state index is 6.00. The minimum Gasteiger partial charge on any atom is -0.378 e. The Morgan fingerprint density at radius 1 is 1.24 bits per heavy atom. The lowest BCUT2D eigenvalue weighted by molar-refractivity contribution is 0.181. The molecule has 0 radical (unpaired) electrons. The van der Waals surface area contributed by atoms with E-state index in [0.717, 1.165) is 0 Å². The zero-order chi connectivity index (χ0) is 12.3. The summed E-state index contributed by atoms with van der Waals surface area (Å²) in [6.07, 6.45) is 3.25. The number of halogens is 2. The Morgan fingerprint density at radius 2 is 1.94 bits per heavy atom. The van der Waals surface area contributed by atoms with Crippen LogP contribution in [0.5, 0.6) is 0 Å². The number of methoxy groups -OCH3 is 1. The van der Waals surface area contributed by atoms with Gasteiger partial charge in [0.1, 0.15) is 5.15 Å². The second kappa shape index (κ2) is 5.48. The van der Waals surface area contributed by atoms with E-state index in [9.17, 15) is 0 Å². The Morgan fingerprint density at radius 3 is 2.59 bits per heavy atom. The fraction of sp³-hybridized carbons (Fsp3) is 0.200. The van der Waals surface area contributed by atoms with Gasteiger partial charge in [0.15, 0.2) is 11.6 Å². The normalized spacial score (nSPS) is 10.5. The molecule has 0 saturated carbocycles. The standard InChI is InChI=1S/C10H8BrClN4O/c1-17-5-6-7(11)8(12)16-10(15-6)9-13-3-2-4-14-9/h2-4H,5H2,1H3. The van der Waals surface area contributed by atoms with Crippen molar-refractivity contribution in [3.05, 3.63) is 33.8 Å². The van der Waals surface area contributed by atoms with E-state index in [1.807, 2.05) is 0 Å². The average molecular weight is 316 g/mol. The van der Waals surface area contributed by atoms with Crippen molar-refractivity contribution in [1.82, 2.24) is 19.9 Å². The first-order valence-corrected chi connectivity index (χ1v) is 5.87. The minimum atomic E-state index is 0.314. The molecule has 0 aromatic carbocycles. The van der Waals surface area contributed by atoms with Crippen LogP contribution in [0.3, 0.4) is 0 Å². The third kappa shape index (κ3) is 2.77. The van der Waals surface area contributed by atoms with Crippen LogP contribution in [0, 0.1) is 0 Å². The molecule has 7 heteroatoms. The van der Waals surface area contributed by atoms with Gasteiger partial charge in [0.05, 0.1) is 16.8 Å². The molecule has 0 saturated heterocycles. The van der Waals surface area contributed by atoms with Crippen molar-refractivity contribution in [3.8, 4) is 11.6 Å². The largest absolute Gasteiger partial charge is 0.378 e. The molecule has 88 valence electrons. The highest BCUT2D eigenvalue weighted by Gasteiger charge is 2.13. The van der Waals surface area contributed by atoms with Crippen LogP contribution < -0.4 is 0 Å². The van der Waals surface area contributed by atoms with E-state index in [2.05, 4.69) is 35.9 Å². The lowest BCUT2D eigenvalue weighted by Gasteiger charge is -2.06. The van der Waals surface area contributed by atoms with Gasteiger partial charge in [-0.25, -0.2) is 19.9 Å². The van der Waals surface area contributed by atoms with E-state index >= 15 is 0 Å². The summed E-state index contributed by atoms with van der Waals surface area (Å²) in [6, 6.07) is 1.72. The van der Waals surface area contributed by atoms with E-state index in [1.54, 1.807) is 25.6 Å². The Bertz CT molecular complexity index is 523. The van der Waals surface area contributed by atoms with E-state index in [1.165, 1.54) is 0 Å². The molecule has 0 spiro atoms. The van der Waals surface area contributed by atoms with Gasteiger partial charge in [-0.05, 0) is 22.0 Å². The molecular formula is C10H8BrClN4O. The van der Waals surface area contributed by atoms with Gasteiger partial charge in [0.2, 0.25) is 0 Å². The second-order valence-corrected chi connectivity index (χ2v) is 4.26. The minimum absolute atomic E-state index is 0.314. The number of ether oxygens (including phenoxy) is 1. The van der Waals surface area contributed by atoms with Gasteiger partial charge >= 0.3 is 0 Å². The zero-order valence-electron chi connectivity index (χ0n) is 8.89. The van der Waals surface area contributed by atoms with Crippen molar-refractivity contribution in [1.29, 1.82) is 0 Å². The van der Waals surface area contributed by atoms with Crippen molar-refractivity contribution >= 4 is 27.5 Å². The molecule has 0 aliphatic carbocycles. The van der Waals surface area contributed by atoms with Gasteiger partial charge in [-0.15, -0.1) is 0 Å². The molecule has 0 atom stereocenters. The smallest absolute Gasteiger partial charge is 0.199 e. The molecule has 0 aliphatic rings. The van der Waals surface area contributed by atoms with Gasteiger partial charge in [-0.2, -0.15) is 0 Å². The molecule has 2 aromatic rings. The molecule has 2 aromatic heterocycles.